The van der Waals surface area contributed by atoms with E-state index in [0.29, 0.717) is 28.9 Å². The predicted octanol–water partition coefficient (Wildman–Crippen LogP) is 6.18. The maximum Gasteiger partial charge on any atom is 0.573 e. The highest BCUT2D eigenvalue weighted by Crippen LogP contribution is 2.28. The molecule has 2 aromatic carbocycles. The largest absolute Gasteiger partial charge is 0.573 e. The summed E-state index contributed by atoms with van der Waals surface area (Å²) in [5, 5.41) is 13.5. The van der Waals surface area contributed by atoms with E-state index in [2.05, 4.69) is 15.9 Å². The monoisotopic (exact) mass is 484 g/mol. The number of nitrogens with two attached hydrogens (primary N) is 1. The number of carbonyl (C=O) groups is 1. The number of aromatic nitrogens is 2. The molecule has 2 N–H and O–H groups in total. The minimum absolute atomic E-state index is 0.115. The van der Waals surface area contributed by atoms with E-state index in [9.17, 15) is 18.0 Å². The number of ether oxygens (including phenoxy) is 1. The van der Waals surface area contributed by atoms with Crippen molar-refractivity contribution in [2.75, 3.05) is 0 Å². The van der Waals surface area contributed by atoms with Gasteiger partial charge in [0.25, 0.3) is 0 Å². The highest BCUT2D eigenvalue weighted by atomic mass is 19.4. The first-order chi connectivity index (χ1) is 16.7. The van der Waals surface area contributed by atoms with Gasteiger partial charge < -0.3 is 10.5 Å². The molecule has 6 nitrogen and oxygen atoms in total. The van der Waals surface area contributed by atoms with Crippen LogP contribution in [0.1, 0.15) is 61.5 Å². The van der Waals surface area contributed by atoms with Crippen molar-refractivity contribution in [3.05, 3.63) is 65.9 Å². The third kappa shape index (κ3) is 7.42. The molecule has 0 saturated carbocycles. The van der Waals surface area contributed by atoms with E-state index in [-0.39, 0.29) is 23.3 Å². The molecule has 1 aromatic heterocycles. The number of Topliss-reactive ketones (excluding diaryl/α,β-unsaturated/α-hetero) is 1. The minimum atomic E-state index is -4.79. The highest BCUT2D eigenvalue weighted by molar-refractivity contribution is 5.95. The lowest BCUT2D eigenvalue weighted by molar-refractivity contribution is -0.274. The average Bonchev–Trinajstić information content (AvgIpc) is 3.28. The summed E-state index contributed by atoms with van der Waals surface area (Å²) in [6.07, 6.45) is -0.0275. The second-order valence-corrected chi connectivity index (χ2v) is 8.25. The number of carbonyl (C=O) groups excluding carboxylic acids is 1. The molecule has 0 radical (unpaired) electrons. The zero-order chi connectivity index (χ0) is 25.4. The second kappa shape index (κ2) is 11.7. The Morgan fingerprint density at radius 1 is 1.11 bits per heavy atom. The van der Waals surface area contributed by atoms with Crippen LogP contribution in [-0.2, 0) is 0 Å². The highest BCUT2D eigenvalue weighted by Gasteiger charge is 2.31. The fourth-order valence-electron chi connectivity index (χ4n) is 3.63. The maximum absolute atomic E-state index is 12.8. The van der Waals surface area contributed by atoms with Crippen LogP contribution in [0, 0.1) is 11.3 Å². The van der Waals surface area contributed by atoms with Gasteiger partial charge in [-0.3, -0.25) is 4.79 Å². The third-order valence-corrected chi connectivity index (χ3v) is 5.62. The molecule has 9 heteroatoms. The number of rotatable bonds is 11. The number of ketones is 1. The predicted molar refractivity (Wildman–Crippen MR) is 126 cm³/mol. The SMILES string of the molecule is CC[C@H](N)CCCCCC(=O)c1cc(-c2ccc(C#N)cc2)n(-c2ccc(OC(F)(F)F)cc2)n1. The second-order valence-electron chi connectivity index (χ2n) is 8.25. The number of nitriles is 1. The Balaban J connectivity index is 1.83. The van der Waals surface area contributed by atoms with Crippen LogP contribution in [0.25, 0.3) is 16.9 Å². The van der Waals surface area contributed by atoms with Crippen LogP contribution < -0.4 is 10.5 Å². The van der Waals surface area contributed by atoms with Crippen LogP contribution in [0.4, 0.5) is 13.2 Å². The quantitative estimate of drug-likeness (QED) is 0.259. The maximum atomic E-state index is 12.8. The van der Waals surface area contributed by atoms with Crippen molar-refractivity contribution in [3.63, 3.8) is 0 Å². The van der Waals surface area contributed by atoms with E-state index >= 15 is 0 Å². The number of hydrogen-bond donors (Lipinski definition) is 1. The van der Waals surface area contributed by atoms with Gasteiger partial charge in [-0.25, -0.2) is 4.68 Å². The van der Waals surface area contributed by atoms with Crippen molar-refractivity contribution in [1.29, 1.82) is 5.26 Å². The summed E-state index contributed by atoms with van der Waals surface area (Å²) in [5.74, 6) is -0.470. The number of alkyl halides is 3. The van der Waals surface area contributed by atoms with Crippen molar-refractivity contribution in [2.24, 2.45) is 5.73 Å². The topological polar surface area (TPSA) is 93.9 Å². The van der Waals surface area contributed by atoms with Gasteiger partial charge in [-0.1, -0.05) is 31.9 Å². The molecule has 1 atom stereocenters. The van der Waals surface area contributed by atoms with Gasteiger partial charge in [0.05, 0.1) is 23.0 Å². The van der Waals surface area contributed by atoms with E-state index in [1.54, 1.807) is 30.3 Å². The molecule has 1 heterocycles. The van der Waals surface area contributed by atoms with Crippen molar-refractivity contribution >= 4 is 5.78 Å². The molecule has 0 amide bonds. The summed E-state index contributed by atoms with van der Waals surface area (Å²) in [6.45, 7) is 2.05. The summed E-state index contributed by atoms with van der Waals surface area (Å²) in [4.78, 5) is 12.8. The summed E-state index contributed by atoms with van der Waals surface area (Å²) in [5.41, 5.74) is 8.43. The molecule has 0 spiro atoms. The number of hydrogen-bond acceptors (Lipinski definition) is 5. The lowest BCUT2D eigenvalue weighted by atomic mass is 10.0. The molecule has 0 fully saturated rings. The molecule has 3 aromatic rings. The first-order valence-corrected chi connectivity index (χ1v) is 11.5. The molecule has 184 valence electrons. The number of benzene rings is 2. The van der Waals surface area contributed by atoms with Gasteiger partial charge in [-0.2, -0.15) is 10.4 Å². The smallest absolute Gasteiger partial charge is 0.406 e. The Morgan fingerprint density at radius 3 is 2.40 bits per heavy atom. The lowest BCUT2D eigenvalue weighted by Crippen LogP contribution is -2.17. The van der Waals surface area contributed by atoms with Crippen molar-refractivity contribution in [1.82, 2.24) is 9.78 Å². The van der Waals surface area contributed by atoms with Crippen LogP contribution in [0.15, 0.2) is 54.6 Å². The van der Waals surface area contributed by atoms with Gasteiger partial charge in [0.15, 0.2) is 5.78 Å². The van der Waals surface area contributed by atoms with Crippen molar-refractivity contribution in [3.8, 4) is 28.8 Å². The average molecular weight is 485 g/mol. The van der Waals surface area contributed by atoms with E-state index in [0.717, 1.165) is 32.1 Å². The Morgan fingerprint density at radius 2 is 1.80 bits per heavy atom. The molecule has 0 aliphatic rings. The van der Waals surface area contributed by atoms with E-state index in [1.165, 1.54) is 28.9 Å². The van der Waals surface area contributed by atoms with E-state index < -0.39 is 6.36 Å². The normalized spacial score (nSPS) is 12.2. The van der Waals surface area contributed by atoms with Crippen LogP contribution in [0.5, 0.6) is 5.75 Å². The van der Waals surface area contributed by atoms with Gasteiger partial charge in [-0.05, 0) is 61.7 Å². The number of nitrogens with zero attached hydrogens (tertiary/aromatic N) is 3. The Labute approximate surface area is 202 Å². The lowest BCUT2D eigenvalue weighted by Gasteiger charge is -2.11. The zero-order valence-electron chi connectivity index (χ0n) is 19.4. The van der Waals surface area contributed by atoms with Crippen LogP contribution in [0.2, 0.25) is 0 Å². The van der Waals surface area contributed by atoms with E-state index in [4.69, 9.17) is 11.0 Å². The van der Waals surface area contributed by atoms with Crippen LogP contribution in [0.3, 0.4) is 0 Å². The summed E-state index contributed by atoms with van der Waals surface area (Å²) < 4.78 is 43.0. The molecule has 3 rings (SSSR count). The Hall–Kier alpha value is -3.64. The number of halogens is 3. The molecular formula is C26H27F3N4O2. The van der Waals surface area contributed by atoms with Crippen molar-refractivity contribution < 1.29 is 22.7 Å². The first-order valence-electron chi connectivity index (χ1n) is 11.5. The van der Waals surface area contributed by atoms with Gasteiger partial charge in [0.1, 0.15) is 11.4 Å². The first kappa shape index (κ1) is 26.0. The van der Waals surface area contributed by atoms with Gasteiger partial charge in [-0.15, -0.1) is 13.2 Å². The molecule has 0 unspecified atom stereocenters. The van der Waals surface area contributed by atoms with Crippen molar-refractivity contribution in [2.45, 2.75) is 57.9 Å². The van der Waals surface area contributed by atoms with Gasteiger partial charge in [0.2, 0.25) is 0 Å². The standard InChI is InChI=1S/C26H27F3N4O2/c1-2-20(31)6-4-3-5-7-25(34)23-16-24(19-10-8-18(17-30)9-11-19)33(32-23)21-12-14-22(15-13-21)35-26(27,28)29/h8-16,20H,2-7,31H2,1H3/t20-/m0/s1. The third-order valence-electron chi connectivity index (χ3n) is 5.62. The van der Waals surface area contributed by atoms with Crippen LogP contribution >= 0.6 is 0 Å². The summed E-state index contributed by atoms with van der Waals surface area (Å²) in [7, 11) is 0. The molecule has 0 aliphatic heterocycles. The van der Waals surface area contributed by atoms with Gasteiger partial charge in [0, 0.05) is 18.0 Å². The molecule has 0 saturated heterocycles. The summed E-state index contributed by atoms with van der Waals surface area (Å²) in [6, 6.07) is 15.9. The minimum Gasteiger partial charge on any atom is -0.406 e. The van der Waals surface area contributed by atoms with Gasteiger partial charge >= 0.3 is 6.36 Å². The Bertz CT molecular complexity index is 1160. The van der Waals surface area contributed by atoms with E-state index in [1.807, 2.05) is 6.92 Å². The molecule has 0 aliphatic carbocycles. The molecule has 35 heavy (non-hydrogen) atoms. The Kier molecular flexibility index (Phi) is 8.66. The summed E-state index contributed by atoms with van der Waals surface area (Å²) >= 11 is 0. The molecular weight excluding hydrogens is 457 g/mol. The zero-order valence-corrected chi connectivity index (χ0v) is 19.4. The van der Waals surface area contributed by atoms with Crippen LogP contribution in [-0.4, -0.2) is 28.0 Å². The number of unbranched alkanes of at least 4 members (excludes halogenated alkanes) is 2. The fourth-order valence-corrected chi connectivity index (χ4v) is 3.63. The molecule has 0 bridgehead atoms. The fraction of sp³-hybridized carbons (Fsp3) is 0.346.